The van der Waals surface area contributed by atoms with E-state index < -0.39 is 0 Å². The van der Waals surface area contributed by atoms with Gasteiger partial charge >= 0.3 is 0 Å². The molecule has 5 nitrogen and oxygen atoms in total. The monoisotopic (exact) mass is 437 g/mol. The van der Waals surface area contributed by atoms with Crippen LogP contribution in [0.5, 0.6) is 0 Å². The minimum absolute atomic E-state index is 0.00221. The van der Waals surface area contributed by atoms with E-state index in [0.29, 0.717) is 34.6 Å². The van der Waals surface area contributed by atoms with Crippen molar-refractivity contribution in [3.8, 4) is 0 Å². The number of hydrogen-bond acceptors (Lipinski definition) is 2. The molecule has 7 heteroatoms. The number of hydrogen-bond donors (Lipinski definition) is 0. The van der Waals surface area contributed by atoms with Crippen LogP contribution in [-0.2, 0) is 18.4 Å². The summed E-state index contributed by atoms with van der Waals surface area (Å²) < 4.78 is 2.00. The maximum absolute atomic E-state index is 13.2. The lowest BCUT2D eigenvalue weighted by Crippen LogP contribution is -2.46. The normalized spacial score (nSPS) is 11.2. The molecule has 2 amide bonds. The maximum atomic E-state index is 13.2. The number of amides is 2. The summed E-state index contributed by atoms with van der Waals surface area (Å²) in [6, 6.07) is 8.53. The summed E-state index contributed by atoms with van der Waals surface area (Å²) in [5.41, 5.74) is 1.42. The van der Waals surface area contributed by atoms with Crippen LogP contribution in [0.3, 0.4) is 0 Å². The maximum Gasteiger partial charge on any atom is 0.254 e. The van der Waals surface area contributed by atoms with E-state index in [1.54, 1.807) is 23.1 Å². The van der Waals surface area contributed by atoms with Gasteiger partial charge in [-0.25, -0.2) is 0 Å². The molecule has 0 aliphatic heterocycles. The Morgan fingerprint density at radius 3 is 2.17 bits per heavy atom. The third-order valence-corrected chi connectivity index (χ3v) is 5.08. The highest BCUT2D eigenvalue weighted by Crippen LogP contribution is 2.21. The van der Waals surface area contributed by atoms with Gasteiger partial charge in [-0.1, -0.05) is 37.0 Å². The van der Waals surface area contributed by atoms with Crippen molar-refractivity contribution in [1.29, 1.82) is 0 Å². The molecule has 1 heterocycles. The van der Waals surface area contributed by atoms with Gasteiger partial charge in [-0.2, -0.15) is 0 Å². The number of nitrogens with zero attached hydrogens (tertiary/aromatic N) is 3. The smallest absolute Gasteiger partial charge is 0.254 e. The van der Waals surface area contributed by atoms with Gasteiger partial charge in [0.05, 0.1) is 6.54 Å². The highest BCUT2D eigenvalue weighted by atomic mass is 35.5. The number of halogens is 2. The van der Waals surface area contributed by atoms with E-state index in [0.717, 1.165) is 5.69 Å². The van der Waals surface area contributed by atoms with Crippen molar-refractivity contribution in [2.24, 2.45) is 13.0 Å². The van der Waals surface area contributed by atoms with Crippen LogP contribution in [0, 0.1) is 5.92 Å². The molecule has 158 valence electrons. The average Bonchev–Trinajstić information content (AvgIpc) is 3.01. The van der Waals surface area contributed by atoms with Gasteiger partial charge in [0.1, 0.15) is 6.54 Å². The Kier molecular flexibility index (Phi) is 8.17. The SMILES string of the molecule is CC(C)CN(Cc1cccn1C)C(=O)CN(C(=O)c1cc(Cl)cc(Cl)c1)C(C)C. The van der Waals surface area contributed by atoms with Crippen LogP contribution in [-0.4, -0.2) is 45.3 Å². The van der Waals surface area contributed by atoms with E-state index in [9.17, 15) is 9.59 Å². The minimum Gasteiger partial charge on any atom is -0.353 e. The molecule has 0 aliphatic rings. The quantitative estimate of drug-likeness (QED) is 0.591. The summed E-state index contributed by atoms with van der Waals surface area (Å²) in [5.74, 6) is -0.0367. The number of aryl methyl sites for hydroxylation is 1. The molecular formula is C22H29Cl2N3O2. The molecule has 29 heavy (non-hydrogen) atoms. The summed E-state index contributed by atoms with van der Waals surface area (Å²) in [4.78, 5) is 29.6. The summed E-state index contributed by atoms with van der Waals surface area (Å²) in [6.07, 6.45) is 1.96. The first-order valence-electron chi connectivity index (χ1n) is 9.73. The van der Waals surface area contributed by atoms with Crippen LogP contribution >= 0.6 is 23.2 Å². The van der Waals surface area contributed by atoms with Crippen molar-refractivity contribution in [3.05, 3.63) is 57.8 Å². The number of carbonyl (C=O) groups excluding carboxylic acids is 2. The topological polar surface area (TPSA) is 45.6 Å². The average molecular weight is 438 g/mol. The molecule has 0 saturated heterocycles. The number of benzene rings is 1. The first kappa shape index (κ1) is 23.3. The van der Waals surface area contributed by atoms with Crippen molar-refractivity contribution in [3.63, 3.8) is 0 Å². The fourth-order valence-corrected chi connectivity index (χ4v) is 3.66. The van der Waals surface area contributed by atoms with Gasteiger partial charge in [-0.3, -0.25) is 9.59 Å². The van der Waals surface area contributed by atoms with Crippen molar-refractivity contribution in [1.82, 2.24) is 14.4 Å². The summed E-state index contributed by atoms with van der Waals surface area (Å²) in [7, 11) is 1.96. The summed E-state index contributed by atoms with van der Waals surface area (Å²) in [5, 5.41) is 0.780. The third-order valence-electron chi connectivity index (χ3n) is 4.64. The van der Waals surface area contributed by atoms with Gasteiger partial charge in [0, 0.05) is 47.1 Å². The lowest BCUT2D eigenvalue weighted by molar-refractivity contribution is -0.133. The molecule has 0 atom stereocenters. The molecule has 2 rings (SSSR count). The molecule has 0 aliphatic carbocycles. The van der Waals surface area contributed by atoms with E-state index >= 15 is 0 Å². The van der Waals surface area contributed by atoms with Gasteiger partial charge in [0.2, 0.25) is 5.91 Å². The number of aromatic nitrogens is 1. The Morgan fingerprint density at radius 1 is 1.07 bits per heavy atom. The zero-order valence-corrected chi connectivity index (χ0v) is 19.2. The molecule has 0 spiro atoms. The molecule has 1 aromatic heterocycles. The molecule has 0 saturated carbocycles. The molecule has 0 unspecified atom stereocenters. The first-order valence-corrected chi connectivity index (χ1v) is 10.5. The minimum atomic E-state index is -0.263. The zero-order valence-electron chi connectivity index (χ0n) is 17.7. The second-order valence-electron chi connectivity index (χ2n) is 7.96. The van der Waals surface area contributed by atoms with Gasteiger partial charge in [-0.15, -0.1) is 0 Å². The highest BCUT2D eigenvalue weighted by molar-refractivity contribution is 6.35. The largest absolute Gasteiger partial charge is 0.353 e. The zero-order chi connectivity index (χ0) is 21.7. The van der Waals surface area contributed by atoms with Gasteiger partial charge in [-0.05, 0) is 50.1 Å². The molecule has 2 aromatic rings. The Bertz CT molecular complexity index is 841. The molecule has 1 aromatic carbocycles. The molecular weight excluding hydrogens is 409 g/mol. The van der Waals surface area contributed by atoms with Gasteiger partial charge in [0.25, 0.3) is 5.91 Å². The third kappa shape index (κ3) is 6.51. The lowest BCUT2D eigenvalue weighted by atomic mass is 10.1. The molecule has 0 bridgehead atoms. The predicted octanol–water partition coefficient (Wildman–Crippen LogP) is 4.87. The predicted molar refractivity (Wildman–Crippen MR) is 118 cm³/mol. The van der Waals surface area contributed by atoms with E-state index in [1.807, 2.05) is 48.7 Å². The van der Waals surface area contributed by atoms with Crippen LogP contribution in [0.2, 0.25) is 10.0 Å². The fourth-order valence-electron chi connectivity index (χ4n) is 3.13. The number of rotatable bonds is 8. The van der Waals surface area contributed by atoms with Gasteiger partial charge in [0.15, 0.2) is 0 Å². The Balaban J connectivity index is 2.22. The van der Waals surface area contributed by atoms with Crippen LogP contribution in [0.15, 0.2) is 36.5 Å². The first-order chi connectivity index (χ1) is 13.6. The van der Waals surface area contributed by atoms with E-state index in [2.05, 4.69) is 13.8 Å². The van der Waals surface area contributed by atoms with Crippen LogP contribution in [0.4, 0.5) is 0 Å². The fraction of sp³-hybridized carbons (Fsp3) is 0.455. The highest BCUT2D eigenvalue weighted by Gasteiger charge is 2.25. The molecule has 0 radical (unpaired) electrons. The van der Waals surface area contributed by atoms with Crippen molar-refractivity contribution < 1.29 is 9.59 Å². The van der Waals surface area contributed by atoms with Crippen molar-refractivity contribution in [2.45, 2.75) is 40.3 Å². The Hall–Kier alpha value is -1.98. The summed E-state index contributed by atoms with van der Waals surface area (Å²) in [6.45, 7) is 9.05. The standard InChI is InChI=1S/C22H29Cl2N3O2/c1-15(2)12-26(13-20-7-6-8-25(20)5)21(28)14-27(16(3)4)22(29)17-9-18(23)11-19(24)10-17/h6-11,15-16H,12-14H2,1-5H3. The molecule has 0 fully saturated rings. The Morgan fingerprint density at radius 2 is 1.69 bits per heavy atom. The van der Waals surface area contributed by atoms with Crippen molar-refractivity contribution >= 4 is 35.0 Å². The second-order valence-corrected chi connectivity index (χ2v) is 8.84. The van der Waals surface area contributed by atoms with E-state index in [4.69, 9.17) is 23.2 Å². The number of carbonyl (C=O) groups is 2. The van der Waals surface area contributed by atoms with Crippen molar-refractivity contribution in [2.75, 3.05) is 13.1 Å². The molecule has 0 N–H and O–H groups in total. The second kappa shape index (κ2) is 10.2. The van der Waals surface area contributed by atoms with Gasteiger partial charge < -0.3 is 14.4 Å². The van der Waals surface area contributed by atoms with Crippen LogP contribution in [0.25, 0.3) is 0 Å². The summed E-state index contributed by atoms with van der Waals surface area (Å²) >= 11 is 12.1. The Labute approximate surface area is 183 Å². The lowest BCUT2D eigenvalue weighted by Gasteiger charge is -2.31. The van der Waals surface area contributed by atoms with E-state index in [1.165, 1.54) is 0 Å². The van der Waals surface area contributed by atoms with E-state index in [-0.39, 0.29) is 24.4 Å². The van der Waals surface area contributed by atoms with Crippen LogP contribution in [0.1, 0.15) is 43.7 Å². The van der Waals surface area contributed by atoms with Crippen LogP contribution < -0.4 is 0 Å².